The van der Waals surface area contributed by atoms with Crippen LogP contribution in [0.3, 0.4) is 0 Å². The van der Waals surface area contributed by atoms with Gasteiger partial charge in [0.25, 0.3) is 5.91 Å². The van der Waals surface area contributed by atoms with Gasteiger partial charge in [-0.1, -0.05) is 0 Å². The number of hydrogen-bond donors (Lipinski definition) is 0. The fourth-order valence-electron chi connectivity index (χ4n) is 4.19. The second-order valence-electron chi connectivity index (χ2n) is 7.04. The van der Waals surface area contributed by atoms with Crippen LogP contribution >= 0.6 is 0 Å². The molecule has 24 heavy (non-hydrogen) atoms. The fraction of sp³-hybridized carbons (Fsp3) is 0.706. The summed E-state index contributed by atoms with van der Waals surface area (Å²) in [6.45, 7) is 5.09. The Bertz CT molecular complexity index is 642. The number of hydrogen-bond acceptors (Lipinski definition) is 4. The summed E-state index contributed by atoms with van der Waals surface area (Å²) in [5, 5.41) is 0. The standard InChI is InChI=1S/C17H24N4O3/c1-13(22)19-9-4-17(5-10-19)16-18-6-11-21(16)12-14(24-17)15(23)20-7-2-3-8-20/h6,11,14H,2-5,7-10,12H2,1H3/t14-/m0/s1. The molecule has 0 saturated carbocycles. The topological polar surface area (TPSA) is 67.7 Å². The van der Waals surface area contributed by atoms with Crippen LogP contribution in [0.4, 0.5) is 0 Å². The summed E-state index contributed by atoms with van der Waals surface area (Å²) in [5.41, 5.74) is -0.548. The quantitative estimate of drug-likeness (QED) is 0.761. The Kier molecular flexibility index (Phi) is 3.83. The number of fused-ring (bicyclic) bond motifs is 2. The first kappa shape index (κ1) is 15.6. The van der Waals surface area contributed by atoms with Gasteiger partial charge >= 0.3 is 0 Å². The number of rotatable bonds is 1. The summed E-state index contributed by atoms with van der Waals surface area (Å²) in [4.78, 5) is 32.7. The van der Waals surface area contributed by atoms with E-state index in [9.17, 15) is 9.59 Å². The van der Waals surface area contributed by atoms with Gasteiger partial charge in [-0.25, -0.2) is 4.98 Å². The van der Waals surface area contributed by atoms with E-state index < -0.39 is 11.7 Å². The van der Waals surface area contributed by atoms with Crippen LogP contribution in [0, 0.1) is 0 Å². The van der Waals surface area contributed by atoms with Crippen LogP contribution in [0.25, 0.3) is 0 Å². The summed E-state index contributed by atoms with van der Waals surface area (Å²) < 4.78 is 8.45. The molecule has 2 amide bonds. The van der Waals surface area contributed by atoms with Gasteiger partial charge in [0.15, 0.2) is 6.10 Å². The lowest BCUT2D eigenvalue weighted by molar-refractivity contribution is -0.181. The van der Waals surface area contributed by atoms with E-state index in [1.807, 2.05) is 16.0 Å². The second kappa shape index (κ2) is 5.88. The molecule has 3 aliphatic heterocycles. The van der Waals surface area contributed by atoms with Crippen LogP contribution in [-0.2, 0) is 26.5 Å². The Hall–Kier alpha value is -1.89. The summed E-state index contributed by atoms with van der Waals surface area (Å²) in [6, 6.07) is 0. The van der Waals surface area contributed by atoms with Gasteiger partial charge in [0, 0.05) is 58.3 Å². The zero-order chi connectivity index (χ0) is 16.7. The van der Waals surface area contributed by atoms with Gasteiger partial charge < -0.3 is 19.1 Å². The Balaban J connectivity index is 1.58. The molecule has 1 atom stereocenters. The molecule has 1 aromatic rings. The normalized spacial score (nSPS) is 25.8. The molecule has 130 valence electrons. The number of imidazole rings is 1. The smallest absolute Gasteiger partial charge is 0.253 e. The first-order valence-corrected chi connectivity index (χ1v) is 8.83. The monoisotopic (exact) mass is 332 g/mol. The van der Waals surface area contributed by atoms with Crippen molar-refractivity contribution in [2.75, 3.05) is 26.2 Å². The molecule has 0 radical (unpaired) electrons. The average Bonchev–Trinajstić information content (AvgIpc) is 3.26. The maximum atomic E-state index is 12.8. The van der Waals surface area contributed by atoms with E-state index >= 15 is 0 Å². The van der Waals surface area contributed by atoms with Gasteiger partial charge in [-0.05, 0) is 12.8 Å². The van der Waals surface area contributed by atoms with Crippen LogP contribution in [0.1, 0.15) is 38.4 Å². The zero-order valence-corrected chi connectivity index (χ0v) is 14.1. The Morgan fingerprint density at radius 1 is 1.17 bits per heavy atom. The molecule has 7 nitrogen and oxygen atoms in total. The molecule has 2 fully saturated rings. The Morgan fingerprint density at radius 3 is 2.54 bits per heavy atom. The van der Waals surface area contributed by atoms with E-state index in [0.29, 0.717) is 32.5 Å². The summed E-state index contributed by atoms with van der Waals surface area (Å²) in [7, 11) is 0. The number of aromatic nitrogens is 2. The molecular formula is C17H24N4O3. The van der Waals surface area contributed by atoms with Gasteiger partial charge in [0.2, 0.25) is 5.91 Å². The maximum absolute atomic E-state index is 12.8. The third-order valence-electron chi connectivity index (χ3n) is 5.56. The van der Waals surface area contributed by atoms with E-state index in [-0.39, 0.29) is 11.8 Å². The minimum absolute atomic E-state index is 0.0914. The minimum Gasteiger partial charge on any atom is -0.352 e. The van der Waals surface area contributed by atoms with Crippen LogP contribution < -0.4 is 0 Å². The van der Waals surface area contributed by atoms with Crippen molar-refractivity contribution >= 4 is 11.8 Å². The molecule has 4 rings (SSSR count). The summed E-state index contributed by atoms with van der Waals surface area (Å²) in [5.74, 6) is 1.09. The number of nitrogens with zero attached hydrogens (tertiary/aromatic N) is 4. The number of ether oxygens (including phenoxy) is 1. The van der Waals surface area contributed by atoms with Crippen molar-refractivity contribution in [3.63, 3.8) is 0 Å². The Morgan fingerprint density at radius 2 is 1.88 bits per heavy atom. The first-order valence-electron chi connectivity index (χ1n) is 8.83. The maximum Gasteiger partial charge on any atom is 0.253 e. The fourth-order valence-corrected chi connectivity index (χ4v) is 4.19. The molecule has 7 heteroatoms. The zero-order valence-electron chi connectivity index (χ0n) is 14.1. The van der Waals surface area contributed by atoms with E-state index in [1.54, 1.807) is 13.1 Å². The molecule has 0 bridgehead atoms. The number of carbonyl (C=O) groups is 2. The first-order chi connectivity index (χ1) is 11.6. The van der Waals surface area contributed by atoms with Crippen molar-refractivity contribution in [2.45, 2.75) is 50.9 Å². The number of piperidine rings is 1. The van der Waals surface area contributed by atoms with Crippen molar-refractivity contribution in [3.8, 4) is 0 Å². The van der Waals surface area contributed by atoms with E-state index in [4.69, 9.17) is 4.74 Å². The lowest BCUT2D eigenvalue weighted by Gasteiger charge is -2.45. The van der Waals surface area contributed by atoms with Crippen LogP contribution in [0.2, 0.25) is 0 Å². The third-order valence-corrected chi connectivity index (χ3v) is 5.56. The lowest BCUT2D eigenvalue weighted by atomic mass is 9.88. The SMILES string of the molecule is CC(=O)N1CCC2(CC1)O[C@H](C(=O)N1CCCC1)Cn1ccnc12. The third kappa shape index (κ3) is 2.51. The predicted molar refractivity (Wildman–Crippen MR) is 86.1 cm³/mol. The molecular weight excluding hydrogens is 308 g/mol. The predicted octanol–water partition coefficient (Wildman–Crippen LogP) is 0.742. The molecule has 1 aromatic heterocycles. The highest BCUT2D eigenvalue weighted by molar-refractivity contribution is 5.81. The van der Waals surface area contributed by atoms with Crippen molar-refractivity contribution in [1.29, 1.82) is 0 Å². The molecule has 0 aliphatic carbocycles. The Labute approximate surface area is 141 Å². The summed E-state index contributed by atoms with van der Waals surface area (Å²) in [6.07, 6.45) is 6.79. The van der Waals surface area contributed by atoms with Gasteiger partial charge in [-0.15, -0.1) is 0 Å². The lowest BCUT2D eigenvalue weighted by Crippen LogP contribution is -2.54. The van der Waals surface area contributed by atoms with Crippen molar-refractivity contribution < 1.29 is 14.3 Å². The van der Waals surface area contributed by atoms with Gasteiger partial charge in [0.1, 0.15) is 11.4 Å². The molecule has 4 heterocycles. The second-order valence-corrected chi connectivity index (χ2v) is 7.04. The molecule has 1 spiro atoms. The highest BCUT2D eigenvalue weighted by atomic mass is 16.5. The highest BCUT2D eigenvalue weighted by Gasteiger charge is 2.48. The van der Waals surface area contributed by atoms with Crippen molar-refractivity contribution in [2.24, 2.45) is 0 Å². The number of carbonyl (C=O) groups excluding carboxylic acids is 2. The largest absolute Gasteiger partial charge is 0.352 e. The number of likely N-dealkylation sites (tertiary alicyclic amines) is 2. The van der Waals surface area contributed by atoms with Crippen molar-refractivity contribution in [1.82, 2.24) is 19.4 Å². The van der Waals surface area contributed by atoms with E-state index in [0.717, 1.165) is 31.8 Å². The highest BCUT2D eigenvalue weighted by Crippen LogP contribution is 2.40. The van der Waals surface area contributed by atoms with E-state index in [2.05, 4.69) is 9.55 Å². The van der Waals surface area contributed by atoms with Crippen LogP contribution in [0.15, 0.2) is 12.4 Å². The molecule has 3 aliphatic rings. The van der Waals surface area contributed by atoms with Gasteiger partial charge in [-0.2, -0.15) is 0 Å². The molecule has 0 unspecified atom stereocenters. The number of amides is 2. The molecule has 0 N–H and O–H groups in total. The van der Waals surface area contributed by atoms with Gasteiger partial charge in [0.05, 0.1) is 6.54 Å². The van der Waals surface area contributed by atoms with Crippen molar-refractivity contribution in [3.05, 3.63) is 18.2 Å². The van der Waals surface area contributed by atoms with Crippen LogP contribution in [0.5, 0.6) is 0 Å². The van der Waals surface area contributed by atoms with Crippen LogP contribution in [-0.4, -0.2) is 63.4 Å². The molecule has 2 saturated heterocycles. The van der Waals surface area contributed by atoms with E-state index in [1.165, 1.54) is 0 Å². The minimum atomic E-state index is -0.548. The summed E-state index contributed by atoms with van der Waals surface area (Å²) >= 11 is 0. The average molecular weight is 332 g/mol. The van der Waals surface area contributed by atoms with Gasteiger partial charge in [-0.3, -0.25) is 9.59 Å². The molecule has 0 aromatic carbocycles.